The Labute approximate surface area is 163 Å². The molecule has 0 radical (unpaired) electrons. The third-order valence-electron chi connectivity index (χ3n) is 1.12. The molecule has 0 unspecified atom stereocenters. The second-order valence-corrected chi connectivity index (χ2v) is 2.93. The van der Waals surface area contributed by atoms with Crippen molar-refractivity contribution < 1.29 is 14.4 Å². The van der Waals surface area contributed by atoms with E-state index in [2.05, 4.69) is 89.6 Å². The lowest BCUT2D eigenvalue weighted by atomic mass is 10.5. The molecule has 0 spiro atoms. The largest absolute Gasteiger partial charge is 0.329 e. The Hall–Kier alpha value is -1.57. The molecule has 0 aromatic rings. The molecule has 0 aliphatic heterocycles. The molecule has 0 bridgehead atoms. The summed E-state index contributed by atoms with van der Waals surface area (Å²) in [6, 6.07) is 0. The predicted octanol–water partition coefficient (Wildman–Crippen LogP) is 2.26. The maximum atomic E-state index is 8.74. The van der Waals surface area contributed by atoms with Gasteiger partial charge in [-0.1, -0.05) is 0 Å². The smallest absolute Gasteiger partial charge is 0.314 e. The van der Waals surface area contributed by atoms with E-state index in [4.69, 9.17) is 25.8 Å². The van der Waals surface area contributed by atoms with E-state index in [0.29, 0.717) is 13.1 Å². The van der Waals surface area contributed by atoms with Crippen LogP contribution in [-0.4, -0.2) is 49.1 Å². The van der Waals surface area contributed by atoms with E-state index >= 15 is 0 Å². The first kappa shape index (κ1) is 49.7. The fourth-order valence-corrected chi connectivity index (χ4v) is 0.631. The van der Waals surface area contributed by atoms with E-state index in [-0.39, 0.29) is 0 Å². The van der Waals surface area contributed by atoms with Crippen LogP contribution >= 0.6 is 8.25 Å². The summed E-state index contributed by atoms with van der Waals surface area (Å²) in [5.74, 6) is 0. The summed E-state index contributed by atoms with van der Waals surface area (Å²) in [5.41, 5.74) is 10.5. The minimum Gasteiger partial charge on any atom is -0.329 e. The van der Waals surface area contributed by atoms with Crippen molar-refractivity contribution in [3.63, 3.8) is 0 Å². The minimum absolute atomic E-state index is 0.705. The van der Waals surface area contributed by atoms with Crippen LogP contribution in [0.15, 0.2) is 78.9 Å². The van der Waals surface area contributed by atoms with Crippen LogP contribution in [0.2, 0.25) is 0 Å². The molecule has 0 atom stereocenters. The van der Waals surface area contributed by atoms with Gasteiger partial charge in [-0.3, -0.25) is 4.57 Å². The van der Waals surface area contributed by atoms with Crippen LogP contribution in [0, 0.1) is 0 Å². The summed E-state index contributed by atoms with van der Waals surface area (Å²) < 4.78 is 8.74. The van der Waals surface area contributed by atoms with Gasteiger partial charge in [0.15, 0.2) is 0 Å². The summed E-state index contributed by atoms with van der Waals surface area (Å²) in [6.07, 6.45) is 0. The highest BCUT2D eigenvalue weighted by molar-refractivity contribution is 7.30. The molecular formula is C18H45N4O3P. The van der Waals surface area contributed by atoms with Crippen LogP contribution < -0.4 is 22.1 Å². The van der Waals surface area contributed by atoms with Crippen molar-refractivity contribution in [2.75, 3.05) is 39.3 Å². The normalized spacial score (nSPS) is 6.19. The van der Waals surface area contributed by atoms with Gasteiger partial charge in [-0.05, 0) is 0 Å². The second-order valence-electron chi connectivity index (χ2n) is 2.36. The van der Waals surface area contributed by atoms with Gasteiger partial charge < -0.3 is 31.9 Å². The minimum atomic E-state index is -3.13. The molecule has 8 N–H and O–H groups in total. The molecule has 26 heavy (non-hydrogen) atoms. The topological polar surface area (TPSA) is 134 Å². The fourth-order valence-electron chi connectivity index (χ4n) is 0.631. The standard InChI is InChI=1S/C6H18N4.6C2H4.H3O3P/c7-1-3-9-5-6-10-4-2-8;6*1-2;1-4(2)3/h9-10H,1-8H2;6*1-2H2;4H,(H2,1,2,3). The van der Waals surface area contributed by atoms with Crippen LogP contribution in [0.1, 0.15) is 0 Å². The number of hydrogen-bond donors (Lipinski definition) is 6. The first-order valence-corrected chi connectivity index (χ1v) is 8.68. The Bertz CT molecular complexity index is 176. The molecule has 0 amide bonds. The van der Waals surface area contributed by atoms with Gasteiger partial charge >= 0.3 is 8.25 Å². The lowest BCUT2D eigenvalue weighted by Crippen LogP contribution is -2.32. The molecule has 0 aliphatic rings. The molecule has 7 nitrogen and oxygen atoms in total. The van der Waals surface area contributed by atoms with E-state index in [0.717, 1.165) is 26.2 Å². The molecule has 0 aromatic carbocycles. The van der Waals surface area contributed by atoms with Crippen LogP contribution in [0.3, 0.4) is 0 Å². The van der Waals surface area contributed by atoms with Crippen molar-refractivity contribution in [3.05, 3.63) is 78.9 Å². The highest BCUT2D eigenvalue weighted by atomic mass is 31.1. The van der Waals surface area contributed by atoms with Gasteiger partial charge in [-0.25, -0.2) is 0 Å². The maximum absolute atomic E-state index is 8.74. The molecule has 8 heteroatoms. The third-order valence-corrected chi connectivity index (χ3v) is 1.12. The van der Waals surface area contributed by atoms with Crippen LogP contribution in [0.25, 0.3) is 0 Å². The molecule has 160 valence electrons. The SMILES string of the molecule is C=C.C=C.C=C.C=C.C=C.C=C.NCCNCCNCCN.O=[PH](O)O. The lowest BCUT2D eigenvalue weighted by Gasteiger charge is -2.03. The van der Waals surface area contributed by atoms with E-state index in [9.17, 15) is 0 Å². The number of nitrogens with one attached hydrogen (secondary N) is 2. The van der Waals surface area contributed by atoms with Gasteiger partial charge in [0, 0.05) is 39.3 Å². The van der Waals surface area contributed by atoms with Crippen LogP contribution in [0.4, 0.5) is 0 Å². The zero-order chi connectivity index (χ0) is 23.2. The summed E-state index contributed by atoms with van der Waals surface area (Å²) in [5, 5.41) is 6.33. The zero-order valence-corrected chi connectivity index (χ0v) is 17.7. The average molecular weight is 397 g/mol. The van der Waals surface area contributed by atoms with Crippen molar-refractivity contribution in [2.45, 2.75) is 0 Å². The molecule has 0 aliphatic carbocycles. The monoisotopic (exact) mass is 396 g/mol. The highest BCUT2D eigenvalue weighted by Gasteiger charge is 1.83. The average Bonchev–Trinajstić information content (AvgIpc) is 2.73. The first-order valence-electron chi connectivity index (χ1n) is 7.38. The molecular weight excluding hydrogens is 351 g/mol. The number of hydrogen-bond acceptors (Lipinski definition) is 5. The first-order chi connectivity index (χ1) is 12.6. The molecule has 0 fully saturated rings. The van der Waals surface area contributed by atoms with Gasteiger partial charge in [0.05, 0.1) is 0 Å². The van der Waals surface area contributed by atoms with Crippen molar-refractivity contribution >= 4 is 8.25 Å². The maximum Gasteiger partial charge on any atom is 0.314 e. The summed E-state index contributed by atoms with van der Waals surface area (Å²) in [4.78, 5) is 14.3. The fraction of sp³-hybridized carbons (Fsp3) is 0.333. The third kappa shape index (κ3) is 349. The van der Waals surface area contributed by atoms with Crippen LogP contribution in [0.5, 0.6) is 0 Å². The van der Waals surface area contributed by atoms with Gasteiger partial charge in [0.25, 0.3) is 0 Å². The Balaban J connectivity index is -0.0000000285. The summed E-state index contributed by atoms with van der Waals surface area (Å²) in [7, 11) is -3.13. The Morgan fingerprint density at radius 1 is 0.577 bits per heavy atom. The summed E-state index contributed by atoms with van der Waals surface area (Å²) in [6.45, 7) is 41.1. The van der Waals surface area contributed by atoms with E-state index in [1.165, 1.54) is 0 Å². The molecule has 0 saturated heterocycles. The second kappa shape index (κ2) is 133. The number of nitrogens with two attached hydrogens (primary N) is 2. The van der Waals surface area contributed by atoms with Crippen molar-refractivity contribution in [1.82, 2.24) is 10.6 Å². The molecule has 0 aromatic heterocycles. The van der Waals surface area contributed by atoms with Gasteiger partial charge in [-0.2, -0.15) is 0 Å². The lowest BCUT2D eigenvalue weighted by molar-refractivity contribution is 0.405. The molecule has 0 saturated carbocycles. The predicted molar refractivity (Wildman–Crippen MR) is 125 cm³/mol. The van der Waals surface area contributed by atoms with Crippen LogP contribution in [-0.2, 0) is 4.57 Å². The molecule has 0 rings (SSSR count). The van der Waals surface area contributed by atoms with E-state index in [1.807, 2.05) is 0 Å². The quantitative estimate of drug-likeness (QED) is 0.221. The van der Waals surface area contributed by atoms with Crippen molar-refractivity contribution in [1.29, 1.82) is 0 Å². The van der Waals surface area contributed by atoms with E-state index in [1.54, 1.807) is 0 Å². The summed E-state index contributed by atoms with van der Waals surface area (Å²) >= 11 is 0. The molecule has 0 heterocycles. The Morgan fingerprint density at radius 3 is 0.846 bits per heavy atom. The Kier molecular flexibility index (Phi) is 253. The van der Waals surface area contributed by atoms with Gasteiger partial charge in [-0.15, -0.1) is 78.9 Å². The van der Waals surface area contributed by atoms with Crippen molar-refractivity contribution in [3.8, 4) is 0 Å². The zero-order valence-electron chi connectivity index (χ0n) is 16.7. The van der Waals surface area contributed by atoms with Crippen molar-refractivity contribution in [2.24, 2.45) is 11.5 Å². The van der Waals surface area contributed by atoms with E-state index < -0.39 is 8.25 Å². The number of rotatable bonds is 7. The van der Waals surface area contributed by atoms with Gasteiger partial charge in [0.1, 0.15) is 0 Å². The Morgan fingerprint density at radius 2 is 0.731 bits per heavy atom. The van der Waals surface area contributed by atoms with Gasteiger partial charge in [0.2, 0.25) is 0 Å². The highest BCUT2D eigenvalue weighted by Crippen LogP contribution is 1.98.